The molecule has 0 saturated carbocycles. The third-order valence-electron chi connectivity index (χ3n) is 4.53. The number of urea groups is 1. The highest BCUT2D eigenvalue weighted by atomic mass is 16.5. The second-order valence-corrected chi connectivity index (χ2v) is 6.41. The van der Waals surface area contributed by atoms with Crippen molar-refractivity contribution >= 4 is 6.03 Å². The van der Waals surface area contributed by atoms with Crippen molar-refractivity contribution in [3.8, 4) is 11.1 Å². The van der Waals surface area contributed by atoms with Crippen LogP contribution in [-0.2, 0) is 4.74 Å². The second kappa shape index (κ2) is 8.62. The van der Waals surface area contributed by atoms with Crippen LogP contribution < -0.4 is 10.6 Å². The summed E-state index contributed by atoms with van der Waals surface area (Å²) < 4.78 is 5.56. The Morgan fingerprint density at radius 3 is 2.80 bits per heavy atom. The molecular formula is C20H25N3O2. The molecule has 0 aliphatic carbocycles. The molecule has 2 amide bonds. The van der Waals surface area contributed by atoms with E-state index in [1.54, 1.807) is 6.20 Å². The molecule has 25 heavy (non-hydrogen) atoms. The molecule has 1 aromatic carbocycles. The van der Waals surface area contributed by atoms with E-state index in [9.17, 15) is 4.79 Å². The van der Waals surface area contributed by atoms with Crippen molar-refractivity contribution in [2.45, 2.75) is 38.3 Å². The highest BCUT2D eigenvalue weighted by Crippen LogP contribution is 2.21. The number of aromatic nitrogens is 1. The zero-order chi connectivity index (χ0) is 17.5. The van der Waals surface area contributed by atoms with Gasteiger partial charge >= 0.3 is 6.03 Å². The van der Waals surface area contributed by atoms with Crippen molar-refractivity contribution in [1.29, 1.82) is 0 Å². The number of carbonyl (C=O) groups is 1. The van der Waals surface area contributed by atoms with Crippen LogP contribution in [0.4, 0.5) is 4.79 Å². The van der Waals surface area contributed by atoms with E-state index in [4.69, 9.17) is 4.74 Å². The molecule has 2 heterocycles. The molecule has 0 radical (unpaired) electrons. The van der Waals surface area contributed by atoms with Crippen LogP contribution in [0.3, 0.4) is 0 Å². The lowest BCUT2D eigenvalue weighted by Crippen LogP contribution is -2.38. The predicted molar refractivity (Wildman–Crippen MR) is 98.2 cm³/mol. The molecular weight excluding hydrogens is 314 g/mol. The van der Waals surface area contributed by atoms with E-state index in [0.717, 1.165) is 42.6 Å². The lowest BCUT2D eigenvalue weighted by molar-refractivity contribution is 0.104. The van der Waals surface area contributed by atoms with Crippen LogP contribution in [0.15, 0.2) is 48.8 Å². The minimum atomic E-state index is -0.137. The molecule has 1 fully saturated rings. The van der Waals surface area contributed by atoms with Crippen LogP contribution in [0, 0.1) is 0 Å². The third kappa shape index (κ3) is 5.03. The van der Waals surface area contributed by atoms with Gasteiger partial charge < -0.3 is 15.4 Å². The largest absolute Gasteiger partial charge is 0.378 e. The first-order valence-electron chi connectivity index (χ1n) is 8.89. The smallest absolute Gasteiger partial charge is 0.315 e. The molecule has 0 bridgehead atoms. The number of amides is 2. The van der Waals surface area contributed by atoms with Crippen molar-refractivity contribution < 1.29 is 9.53 Å². The Morgan fingerprint density at radius 2 is 2.12 bits per heavy atom. The van der Waals surface area contributed by atoms with Gasteiger partial charge in [0.1, 0.15) is 0 Å². The lowest BCUT2D eigenvalue weighted by atomic mass is 10.0. The summed E-state index contributed by atoms with van der Waals surface area (Å²) in [7, 11) is 0. The maximum atomic E-state index is 12.0. The first-order chi connectivity index (χ1) is 12.2. The minimum Gasteiger partial charge on any atom is -0.378 e. The van der Waals surface area contributed by atoms with E-state index in [2.05, 4.69) is 27.8 Å². The molecule has 2 atom stereocenters. The summed E-state index contributed by atoms with van der Waals surface area (Å²) in [5.41, 5.74) is 3.27. The number of benzene rings is 1. The number of rotatable bonds is 6. The zero-order valence-electron chi connectivity index (χ0n) is 14.6. The van der Waals surface area contributed by atoms with Gasteiger partial charge in [0.15, 0.2) is 0 Å². The number of nitrogens with one attached hydrogen (secondary N) is 2. The number of nitrogens with zero attached hydrogens (tertiary/aromatic N) is 1. The number of carbonyl (C=O) groups excluding carboxylic acids is 1. The number of hydrogen-bond acceptors (Lipinski definition) is 3. The summed E-state index contributed by atoms with van der Waals surface area (Å²) in [6, 6.07) is 12.0. The fraction of sp³-hybridized carbons (Fsp3) is 0.400. The molecule has 5 heteroatoms. The van der Waals surface area contributed by atoms with E-state index in [1.807, 2.05) is 37.4 Å². The molecule has 132 valence electrons. The van der Waals surface area contributed by atoms with Crippen LogP contribution in [0.2, 0.25) is 0 Å². The van der Waals surface area contributed by atoms with E-state index in [1.165, 1.54) is 0 Å². The van der Waals surface area contributed by atoms with Crippen LogP contribution in [0.1, 0.15) is 37.8 Å². The quantitative estimate of drug-likeness (QED) is 0.844. The van der Waals surface area contributed by atoms with Gasteiger partial charge in [-0.1, -0.05) is 30.3 Å². The van der Waals surface area contributed by atoms with Crippen LogP contribution in [0.25, 0.3) is 11.1 Å². The van der Waals surface area contributed by atoms with E-state index >= 15 is 0 Å². The van der Waals surface area contributed by atoms with Gasteiger partial charge in [-0.15, -0.1) is 0 Å². The summed E-state index contributed by atoms with van der Waals surface area (Å²) in [6.45, 7) is 3.48. The molecule has 1 saturated heterocycles. The van der Waals surface area contributed by atoms with E-state index in [0.29, 0.717) is 12.6 Å². The van der Waals surface area contributed by atoms with Crippen LogP contribution in [0.5, 0.6) is 0 Å². The Labute approximate surface area is 148 Å². The lowest BCUT2D eigenvalue weighted by Gasteiger charge is -2.16. The highest BCUT2D eigenvalue weighted by Gasteiger charge is 2.15. The van der Waals surface area contributed by atoms with Gasteiger partial charge in [0.25, 0.3) is 0 Å². The minimum absolute atomic E-state index is 0.0503. The second-order valence-electron chi connectivity index (χ2n) is 6.41. The fourth-order valence-corrected chi connectivity index (χ4v) is 3.05. The van der Waals surface area contributed by atoms with Crippen LogP contribution >= 0.6 is 0 Å². The van der Waals surface area contributed by atoms with Gasteiger partial charge in [-0.3, -0.25) is 4.98 Å². The maximum absolute atomic E-state index is 12.0. The molecule has 1 aliphatic heterocycles. The van der Waals surface area contributed by atoms with Gasteiger partial charge in [0.2, 0.25) is 0 Å². The number of hydrogen-bond donors (Lipinski definition) is 2. The predicted octanol–water partition coefficient (Wildman–Crippen LogP) is 3.68. The average molecular weight is 339 g/mol. The highest BCUT2D eigenvalue weighted by molar-refractivity contribution is 5.74. The van der Waals surface area contributed by atoms with Gasteiger partial charge in [-0.25, -0.2) is 4.79 Å². The number of ether oxygens (including phenoxy) is 1. The molecule has 0 spiro atoms. The Morgan fingerprint density at radius 1 is 1.28 bits per heavy atom. The fourth-order valence-electron chi connectivity index (χ4n) is 3.05. The van der Waals surface area contributed by atoms with Gasteiger partial charge in [-0.2, -0.15) is 0 Å². The SMILES string of the molecule is C[C@H](NC(=O)NCC[C@@H]1CCCO1)c1ccc(-c2cccnc2)cc1. The van der Waals surface area contributed by atoms with Gasteiger partial charge in [0.05, 0.1) is 12.1 Å². The average Bonchev–Trinajstić information content (AvgIpc) is 3.16. The molecule has 2 aromatic rings. The summed E-state index contributed by atoms with van der Waals surface area (Å²) >= 11 is 0. The van der Waals surface area contributed by atoms with Crippen molar-refractivity contribution in [2.75, 3.05) is 13.2 Å². The first kappa shape index (κ1) is 17.4. The topological polar surface area (TPSA) is 63.2 Å². The van der Waals surface area contributed by atoms with Crippen LogP contribution in [-0.4, -0.2) is 30.3 Å². The standard InChI is InChI=1S/C20H25N3O2/c1-15(23-20(24)22-12-10-19-5-3-13-25-19)16-6-8-17(9-7-16)18-4-2-11-21-14-18/h2,4,6-9,11,14-15,19H,3,5,10,12-13H2,1H3,(H2,22,23,24)/t15-,19-/m0/s1. The molecule has 2 N–H and O–H groups in total. The van der Waals surface area contributed by atoms with E-state index in [-0.39, 0.29) is 12.1 Å². The summed E-state index contributed by atoms with van der Waals surface area (Å²) in [5, 5.41) is 5.89. The Kier molecular flexibility index (Phi) is 6.01. The normalized spacial score (nSPS) is 17.9. The van der Waals surface area contributed by atoms with E-state index < -0.39 is 0 Å². The first-order valence-corrected chi connectivity index (χ1v) is 8.89. The number of pyridine rings is 1. The van der Waals surface area contributed by atoms with Crippen molar-refractivity contribution in [3.05, 3.63) is 54.4 Å². The summed E-state index contributed by atoms with van der Waals surface area (Å²) in [4.78, 5) is 16.2. The Bertz CT molecular complexity index is 667. The van der Waals surface area contributed by atoms with Gasteiger partial charge in [-0.05, 0) is 48.9 Å². The van der Waals surface area contributed by atoms with Crippen molar-refractivity contribution in [2.24, 2.45) is 0 Å². The third-order valence-corrected chi connectivity index (χ3v) is 4.53. The summed E-state index contributed by atoms with van der Waals surface area (Å²) in [5.74, 6) is 0. The Hall–Kier alpha value is -2.40. The summed E-state index contributed by atoms with van der Waals surface area (Å²) in [6.07, 6.45) is 7.02. The van der Waals surface area contributed by atoms with Crippen molar-refractivity contribution in [3.63, 3.8) is 0 Å². The monoisotopic (exact) mass is 339 g/mol. The zero-order valence-corrected chi connectivity index (χ0v) is 14.6. The molecule has 5 nitrogen and oxygen atoms in total. The molecule has 1 aromatic heterocycles. The maximum Gasteiger partial charge on any atom is 0.315 e. The molecule has 1 aliphatic rings. The molecule has 3 rings (SSSR count). The van der Waals surface area contributed by atoms with Gasteiger partial charge in [0, 0.05) is 25.5 Å². The van der Waals surface area contributed by atoms with Crippen molar-refractivity contribution in [1.82, 2.24) is 15.6 Å². The Balaban J connectivity index is 1.47. The molecule has 0 unspecified atom stereocenters.